The molecule has 0 bridgehead atoms. The molecule has 1 heterocycles. The third kappa shape index (κ3) is 2.25. The van der Waals surface area contributed by atoms with Crippen LogP contribution in [0.1, 0.15) is 19.4 Å². The van der Waals surface area contributed by atoms with Gasteiger partial charge in [-0.25, -0.2) is 0 Å². The quantitative estimate of drug-likeness (QED) is 0.589. The smallest absolute Gasteiger partial charge is 0.327 e. The van der Waals surface area contributed by atoms with Crippen LogP contribution in [-0.2, 0) is 19.7 Å². The molecule has 3 aromatic rings. The zero-order valence-corrected chi connectivity index (χ0v) is 12.8. The minimum absolute atomic E-state index is 0.124. The van der Waals surface area contributed by atoms with Crippen molar-refractivity contribution in [2.45, 2.75) is 19.3 Å². The zero-order chi connectivity index (χ0) is 16.6. The molecule has 5 nitrogen and oxygen atoms in total. The SMILES string of the molecule is CCOC(=O)C(C)(C(=O)O)c1ccc2oc3ccccc3c2c1. The summed E-state index contributed by atoms with van der Waals surface area (Å²) in [5.41, 5.74) is -0.0374. The number of benzene rings is 2. The van der Waals surface area contributed by atoms with E-state index < -0.39 is 17.4 Å². The van der Waals surface area contributed by atoms with Gasteiger partial charge in [-0.05, 0) is 37.6 Å². The van der Waals surface area contributed by atoms with Crippen LogP contribution in [0.2, 0.25) is 0 Å². The average Bonchev–Trinajstić information content (AvgIpc) is 2.91. The third-order valence-corrected chi connectivity index (χ3v) is 4.07. The van der Waals surface area contributed by atoms with Crippen molar-refractivity contribution in [3.05, 3.63) is 48.0 Å². The van der Waals surface area contributed by atoms with Crippen molar-refractivity contribution >= 4 is 33.9 Å². The molecule has 0 aliphatic rings. The van der Waals surface area contributed by atoms with Crippen molar-refractivity contribution in [2.75, 3.05) is 6.61 Å². The standard InChI is InChI=1S/C18H16O5/c1-3-22-17(21)18(2,16(19)20)11-8-9-15-13(10-11)12-6-4-5-7-14(12)23-15/h4-10H,3H2,1-2H3,(H,19,20). The first-order valence-corrected chi connectivity index (χ1v) is 7.31. The fourth-order valence-electron chi connectivity index (χ4n) is 2.64. The van der Waals surface area contributed by atoms with Crippen LogP contribution in [0, 0.1) is 0 Å². The Hall–Kier alpha value is -2.82. The van der Waals surface area contributed by atoms with Crippen molar-refractivity contribution in [1.29, 1.82) is 0 Å². The molecule has 5 heteroatoms. The lowest BCUT2D eigenvalue weighted by Gasteiger charge is -2.23. The van der Waals surface area contributed by atoms with E-state index in [1.54, 1.807) is 25.1 Å². The van der Waals surface area contributed by atoms with Gasteiger partial charge in [0.25, 0.3) is 0 Å². The highest BCUT2D eigenvalue weighted by atomic mass is 16.5. The monoisotopic (exact) mass is 312 g/mol. The van der Waals surface area contributed by atoms with Gasteiger partial charge in [0, 0.05) is 10.8 Å². The summed E-state index contributed by atoms with van der Waals surface area (Å²) in [7, 11) is 0. The minimum Gasteiger partial charge on any atom is -0.480 e. The Morgan fingerprint density at radius 2 is 1.83 bits per heavy atom. The first-order valence-electron chi connectivity index (χ1n) is 7.31. The summed E-state index contributed by atoms with van der Waals surface area (Å²) < 4.78 is 10.7. The lowest BCUT2D eigenvalue weighted by Crippen LogP contribution is -2.42. The van der Waals surface area contributed by atoms with Gasteiger partial charge in [-0.2, -0.15) is 0 Å². The van der Waals surface area contributed by atoms with E-state index in [2.05, 4.69) is 0 Å². The molecule has 0 amide bonds. The molecule has 1 unspecified atom stereocenters. The largest absolute Gasteiger partial charge is 0.480 e. The Labute approximate surface area is 132 Å². The number of furan rings is 1. The highest BCUT2D eigenvalue weighted by molar-refractivity contribution is 6.08. The van der Waals surface area contributed by atoms with Crippen molar-refractivity contribution in [1.82, 2.24) is 0 Å². The Kier molecular flexibility index (Phi) is 3.56. The molecule has 0 saturated heterocycles. The van der Waals surface area contributed by atoms with E-state index in [0.717, 1.165) is 10.8 Å². The summed E-state index contributed by atoms with van der Waals surface area (Å²) in [5, 5.41) is 11.2. The summed E-state index contributed by atoms with van der Waals surface area (Å²) in [6, 6.07) is 12.5. The lowest BCUT2D eigenvalue weighted by atomic mass is 9.82. The molecular weight excluding hydrogens is 296 g/mol. The Balaban J connectivity index is 2.23. The van der Waals surface area contributed by atoms with E-state index in [0.29, 0.717) is 16.7 Å². The Bertz CT molecular complexity index is 908. The minimum atomic E-state index is -1.76. The summed E-state index contributed by atoms with van der Waals surface area (Å²) in [6.07, 6.45) is 0. The van der Waals surface area contributed by atoms with Crippen molar-refractivity contribution in [3.63, 3.8) is 0 Å². The van der Waals surface area contributed by atoms with Crippen molar-refractivity contribution in [3.8, 4) is 0 Å². The normalized spacial score (nSPS) is 13.8. The molecule has 118 valence electrons. The van der Waals surface area contributed by atoms with Crippen LogP contribution in [0.25, 0.3) is 21.9 Å². The van der Waals surface area contributed by atoms with Crippen LogP contribution in [0.15, 0.2) is 46.9 Å². The van der Waals surface area contributed by atoms with Gasteiger partial charge < -0.3 is 14.3 Å². The molecule has 1 atom stereocenters. The van der Waals surface area contributed by atoms with Gasteiger partial charge in [0.1, 0.15) is 11.2 Å². The maximum Gasteiger partial charge on any atom is 0.327 e. The molecule has 0 spiro atoms. The van der Waals surface area contributed by atoms with E-state index in [1.165, 1.54) is 6.92 Å². The van der Waals surface area contributed by atoms with Crippen LogP contribution >= 0.6 is 0 Å². The predicted molar refractivity (Wildman–Crippen MR) is 85.3 cm³/mol. The predicted octanol–water partition coefficient (Wildman–Crippen LogP) is 3.49. The van der Waals surface area contributed by atoms with E-state index in [4.69, 9.17) is 9.15 Å². The number of carboxylic acid groups (broad SMARTS) is 1. The second-order valence-corrected chi connectivity index (χ2v) is 5.46. The average molecular weight is 312 g/mol. The molecule has 1 aromatic heterocycles. The van der Waals surface area contributed by atoms with E-state index in [1.807, 2.05) is 24.3 Å². The van der Waals surface area contributed by atoms with Gasteiger partial charge in [0.2, 0.25) is 0 Å². The maximum atomic E-state index is 12.2. The van der Waals surface area contributed by atoms with E-state index in [-0.39, 0.29) is 6.61 Å². The number of carboxylic acids is 1. The summed E-state index contributed by atoms with van der Waals surface area (Å²) >= 11 is 0. The van der Waals surface area contributed by atoms with Gasteiger partial charge in [-0.1, -0.05) is 24.3 Å². The molecule has 1 N–H and O–H groups in total. The molecule has 3 rings (SSSR count). The molecule has 2 aromatic carbocycles. The lowest BCUT2D eigenvalue weighted by molar-refractivity contribution is -0.160. The van der Waals surface area contributed by atoms with Gasteiger partial charge >= 0.3 is 11.9 Å². The second-order valence-electron chi connectivity index (χ2n) is 5.46. The summed E-state index contributed by atoms with van der Waals surface area (Å²) in [5.74, 6) is -2.03. The third-order valence-electron chi connectivity index (χ3n) is 4.07. The number of aliphatic carboxylic acids is 1. The van der Waals surface area contributed by atoms with Crippen LogP contribution in [0.5, 0.6) is 0 Å². The van der Waals surface area contributed by atoms with Gasteiger partial charge in [0.15, 0.2) is 5.41 Å². The fraction of sp³-hybridized carbons (Fsp3) is 0.222. The fourth-order valence-corrected chi connectivity index (χ4v) is 2.64. The number of carbonyl (C=O) groups excluding carboxylic acids is 1. The summed E-state index contributed by atoms with van der Waals surface area (Å²) in [4.78, 5) is 24.0. The summed E-state index contributed by atoms with van der Waals surface area (Å²) in [6.45, 7) is 3.13. The van der Waals surface area contributed by atoms with Gasteiger partial charge in [-0.15, -0.1) is 0 Å². The number of rotatable bonds is 4. The van der Waals surface area contributed by atoms with E-state index >= 15 is 0 Å². The van der Waals surface area contributed by atoms with Crippen molar-refractivity contribution in [2.24, 2.45) is 0 Å². The first-order chi connectivity index (χ1) is 11.0. The number of para-hydroxylation sites is 1. The van der Waals surface area contributed by atoms with Crippen LogP contribution < -0.4 is 0 Å². The number of esters is 1. The maximum absolute atomic E-state index is 12.2. The number of fused-ring (bicyclic) bond motifs is 3. The first kappa shape index (κ1) is 15.1. The molecule has 0 aliphatic carbocycles. The number of ether oxygens (including phenoxy) is 1. The number of hydrogen-bond donors (Lipinski definition) is 1. The molecule has 0 saturated carbocycles. The van der Waals surface area contributed by atoms with E-state index in [9.17, 15) is 14.7 Å². The van der Waals surface area contributed by atoms with Gasteiger partial charge in [0.05, 0.1) is 6.61 Å². The molecule has 0 radical (unpaired) electrons. The zero-order valence-electron chi connectivity index (χ0n) is 12.8. The molecule has 0 fully saturated rings. The highest BCUT2D eigenvalue weighted by Gasteiger charge is 2.45. The Morgan fingerprint density at radius 1 is 1.13 bits per heavy atom. The number of carbonyl (C=O) groups is 2. The molecule has 0 aliphatic heterocycles. The molecular formula is C18H16O5. The Morgan fingerprint density at radius 3 is 2.52 bits per heavy atom. The van der Waals surface area contributed by atoms with Gasteiger partial charge in [-0.3, -0.25) is 9.59 Å². The van der Waals surface area contributed by atoms with Crippen LogP contribution in [0.4, 0.5) is 0 Å². The second kappa shape index (κ2) is 5.43. The topological polar surface area (TPSA) is 76.7 Å². The van der Waals surface area contributed by atoms with Crippen LogP contribution in [-0.4, -0.2) is 23.7 Å². The molecule has 23 heavy (non-hydrogen) atoms. The van der Waals surface area contributed by atoms with Crippen molar-refractivity contribution < 1.29 is 23.8 Å². The number of hydrogen-bond acceptors (Lipinski definition) is 4. The van der Waals surface area contributed by atoms with Crippen LogP contribution in [0.3, 0.4) is 0 Å². The highest BCUT2D eigenvalue weighted by Crippen LogP contribution is 2.34.